The first kappa shape index (κ1) is 11.9. The fraction of sp³-hybridized carbons (Fsp3) is 1.00. The Morgan fingerprint density at radius 1 is 1.36 bits per heavy atom. The number of ether oxygens (including phenoxy) is 1. The minimum atomic E-state index is 0.589. The van der Waals surface area contributed by atoms with E-state index in [9.17, 15) is 0 Å². The third kappa shape index (κ3) is 5.54. The van der Waals surface area contributed by atoms with Crippen LogP contribution in [0, 0.1) is 5.92 Å². The van der Waals surface area contributed by atoms with Gasteiger partial charge in [0.1, 0.15) is 0 Å². The van der Waals surface area contributed by atoms with Crippen molar-refractivity contribution in [1.29, 1.82) is 0 Å². The third-order valence-electron chi connectivity index (χ3n) is 2.15. The summed E-state index contributed by atoms with van der Waals surface area (Å²) in [4.78, 5) is 7.66. The molecule has 0 aromatic rings. The van der Waals surface area contributed by atoms with E-state index in [1.165, 1.54) is 0 Å². The fourth-order valence-corrected chi connectivity index (χ4v) is 1.33. The minimum absolute atomic E-state index is 0.589. The van der Waals surface area contributed by atoms with Gasteiger partial charge in [-0.1, -0.05) is 13.8 Å². The van der Waals surface area contributed by atoms with E-state index in [1.54, 1.807) is 0 Å². The van der Waals surface area contributed by atoms with Crippen molar-refractivity contribution in [3.63, 3.8) is 0 Å². The van der Waals surface area contributed by atoms with Crippen molar-refractivity contribution in [2.45, 2.75) is 13.8 Å². The second kappa shape index (κ2) is 7.17. The van der Waals surface area contributed by atoms with E-state index in [0.717, 1.165) is 46.0 Å². The molecular formula is C10H22N2O2. The van der Waals surface area contributed by atoms with Crippen LogP contribution in [0.2, 0.25) is 0 Å². The molecule has 1 saturated heterocycles. The van der Waals surface area contributed by atoms with Crippen LogP contribution in [0.1, 0.15) is 13.8 Å². The van der Waals surface area contributed by atoms with E-state index in [4.69, 9.17) is 9.57 Å². The van der Waals surface area contributed by atoms with Crippen molar-refractivity contribution in [1.82, 2.24) is 10.4 Å². The predicted octanol–water partition coefficient (Wildman–Crippen LogP) is 0.496. The molecule has 0 unspecified atom stereocenters. The summed E-state index contributed by atoms with van der Waals surface area (Å²) in [5.41, 5.74) is 2.98. The molecule has 0 amide bonds. The van der Waals surface area contributed by atoms with Crippen molar-refractivity contribution in [3.05, 3.63) is 0 Å². The first-order valence-electron chi connectivity index (χ1n) is 5.44. The van der Waals surface area contributed by atoms with Crippen LogP contribution in [0.5, 0.6) is 0 Å². The minimum Gasteiger partial charge on any atom is -0.379 e. The van der Waals surface area contributed by atoms with Crippen LogP contribution in [0.15, 0.2) is 0 Å². The molecule has 4 heteroatoms. The molecule has 1 rings (SSSR count). The lowest BCUT2D eigenvalue weighted by atomic mass is 10.2. The van der Waals surface area contributed by atoms with Crippen LogP contribution in [-0.2, 0) is 9.57 Å². The van der Waals surface area contributed by atoms with Crippen molar-refractivity contribution in [2.75, 3.05) is 46.0 Å². The molecule has 0 spiro atoms. The van der Waals surface area contributed by atoms with Gasteiger partial charge in [-0.05, 0) is 5.92 Å². The second-order valence-electron chi connectivity index (χ2n) is 4.05. The average Bonchev–Trinajstić information content (AvgIpc) is 2.18. The topological polar surface area (TPSA) is 33.7 Å². The van der Waals surface area contributed by atoms with E-state index in [-0.39, 0.29) is 0 Å². The summed E-state index contributed by atoms with van der Waals surface area (Å²) in [7, 11) is 0. The molecule has 0 aromatic carbocycles. The second-order valence-corrected chi connectivity index (χ2v) is 4.05. The van der Waals surface area contributed by atoms with Gasteiger partial charge in [-0.25, -0.2) is 5.48 Å². The van der Waals surface area contributed by atoms with Gasteiger partial charge in [-0.3, -0.25) is 4.90 Å². The lowest BCUT2D eigenvalue weighted by Crippen LogP contribution is -2.40. The molecule has 4 nitrogen and oxygen atoms in total. The van der Waals surface area contributed by atoms with E-state index < -0.39 is 0 Å². The van der Waals surface area contributed by atoms with Crippen molar-refractivity contribution >= 4 is 0 Å². The highest BCUT2D eigenvalue weighted by molar-refractivity contribution is 4.61. The summed E-state index contributed by atoms with van der Waals surface area (Å²) in [5.74, 6) is 0.589. The quantitative estimate of drug-likeness (QED) is 0.502. The summed E-state index contributed by atoms with van der Waals surface area (Å²) in [6.45, 7) is 10.8. The van der Waals surface area contributed by atoms with E-state index in [0.29, 0.717) is 5.92 Å². The SMILES string of the molecule is CC(C)CONCCN1CCOCC1. The van der Waals surface area contributed by atoms with Gasteiger partial charge in [0.2, 0.25) is 0 Å². The number of rotatable bonds is 6. The monoisotopic (exact) mass is 202 g/mol. The predicted molar refractivity (Wildman–Crippen MR) is 56.1 cm³/mol. The molecule has 0 atom stereocenters. The largest absolute Gasteiger partial charge is 0.379 e. The van der Waals surface area contributed by atoms with Gasteiger partial charge in [0, 0.05) is 26.2 Å². The molecule has 0 radical (unpaired) electrons. The first-order chi connectivity index (χ1) is 6.79. The molecule has 1 heterocycles. The van der Waals surface area contributed by atoms with Gasteiger partial charge in [-0.15, -0.1) is 0 Å². The van der Waals surface area contributed by atoms with Crippen LogP contribution in [-0.4, -0.2) is 50.9 Å². The summed E-state index contributed by atoms with van der Waals surface area (Å²) in [5, 5.41) is 0. The number of nitrogens with one attached hydrogen (secondary N) is 1. The van der Waals surface area contributed by atoms with E-state index in [2.05, 4.69) is 24.2 Å². The number of morpholine rings is 1. The first-order valence-corrected chi connectivity index (χ1v) is 5.44. The zero-order valence-corrected chi connectivity index (χ0v) is 9.29. The average molecular weight is 202 g/mol. The number of hydrogen-bond acceptors (Lipinski definition) is 4. The lowest BCUT2D eigenvalue weighted by molar-refractivity contribution is 0.00444. The molecule has 0 saturated carbocycles. The summed E-state index contributed by atoms with van der Waals surface area (Å²) >= 11 is 0. The molecule has 0 aromatic heterocycles. The van der Waals surface area contributed by atoms with Crippen molar-refractivity contribution < 1.29 is 9.57 Å². The Kier molecular flexibility index (Phi) is 6.10. The molecule has 1 N–H and O–H groups in total. The highest BCUT2D eigenvalue weighted by atomic mass is 16.6. The summed E-state index contributed by atoms with van der Waals surface area (Å²) in [6, 6.07) is 0. The van der Waals surface area contributed by atoms with Gasteiger partial charge in [0.05, 0.1) is 19.8 Å². The highest BCUT2D eigenvalue weighted by Gasteiger charge is 2.08. The van der Waals surface area contributed by atoms with Crippen LogP contribution in [0.4, 0.5) is 0 Å². The molecule has 0 bridgehead atoms. The Balaban J connectivity index is 1.87. The molecule has 0 aliphatic carbocycles. The number of hydrogen-bond donors (Lipinski definition) is 1. The zero-order valence-electron chi connectivity index (χ0n) is 9.29. The Labute approximate surface area is 86.5 Å². The van der Waals surface area contributed by atoms with Gasteiger partial charge in [0.15, 0.2) is 0 Å². The van der Waals surface area contributed by atoms with E-state index in [1.807, 2.05) is 0 Å². The fourth-order valence-electron chi connectivity index (χ4n) is 1.33. The highest BCUT2D eigenvalue weighted by Crippen LogP contribution is 1.95. The maximum Gasteiger partial charge on any atom is 0.0705 e. The van der Waals surface area contributed by atoms with Gasteiger partial charge in [0.25, 0.3) is 0 Å². The Bertz CT molecular complexity index is 136. The van der Waals surface area contributed by atoms with Crippen molar-refractivity contribution in [3.8, 4) is 0 Å². The van der Waals surface area contributed by atoms with Gasteiger partial charge >= 0.3 is 0 Å². The summed E-state index contributed by atoms with van der Waals surface area (Å²) < 4.78 is 5.27. The molecule has 1 aliphatic heterocycles. The van der Waals surface area contributed by atoms with Gasteiger partial charge < -0.3 is 9.57 Å². The molecule has 84 valence electrons. The molecule has 1 fully saturated rings. The lowest BCUT2D eigenvalue weighted by Gasteiger charge is -2.26. The van der Waals surface area contributed by atoms with Gasteiger partial charge in [-0.2, -0.15) is 0 Å². The smallest absolute Gasteiger partial charge is 0.0705 e. The number of hydroxylamine groups is 1. The summed E-state index contributed by atoms with van der Waals surface area (Å²) in [6.07, 6.45) is 0. The Morgan fingerprint density at radius 2 is 2.07 bits per heavy atom. The van der Waals surface area contributed by atoms with Crippen molar-refractivity contribution in [2.24, 2.45) is 5.92 Å². The molecule has 14 heavy (non-hydrogen) atoms. The Morgan fingerprint density at radius 3 is 2.71 bits per heavy atom. The maximum absolute atomic E-state index is 5.28. The van der Waals surface area contributed by atoms with Crippen LogP contribution < -0.4 is 5.48 Å². The van der Waals surface area contributed by atoms with E-state index >= 15 is 0 Å². The molecule has 1 aliphatic rings. The maximum atomic E-state index is 5.28. The van der Waals surface area contributed by atoms with Crippen LogP contribution in [0.3, 0.4) is 0 Å². The standard InChI is InChI=1S/C10H22N2O2/c1-10(2)9-14-11-3-4-12-5-7-13-8-6-12/h10-11H,3-9H2,1-2H3. The van der Waals surface area contributed by atoms with Crippen LogP contribution in [0.25, 0.3) is 0 Å². The normalized spacial score (nSPS) is 19.1. The van der Waals surface area contributed by atoms with Crippen LogP contribution >= 0.6 is 0 Å². The molecular weight excluding hydrogens is 180 g/mol. The zero-order chi connectivity index (χ0) is 10.2. The third-order valence-corrected chi connectivity index (χ3v) is 2.15. The number of nitrogens with zero attached hydrogens (tertiary/aromatic N) is 1. The Hall–Kier alpha value is -0.160.